The summed E-state index contributed by atoms with van der Waals surface area (Å²) in [4.78, 5) is 8.77. The normalized spacial score (nSPS) is 11.9. The van der Waals surface area contributed by atoms with Gasteiger partial charge >= 0.3 is 6.61 Å². The van der Waals surface area contributed by atoms with Crippen LogP contribution in [0.1, 0.15) is 41.6 Å². The fraction of sp³-hybridized carbons (Fsp3) is 0.474. The maximum absolute atomic E-state index is 12.6. The molecule has 0 unspecified atom stereocenters. The van der Waals surface area contributed by atoms with Crippen LogP contribution in [0, 0.1) is 6.92 Å². The Morgan fingerprint density at radius 1 is 1.30 bits per heavy atom. The molecule has 1 aromatic heterocycles. The van der Waals surface area contributed by atoms with Crippen LogP contribution in [0.3, 0.4) is 0 Å². The molecule has 2 N–H and O–H groups in total. The number of ether oxygens (including phenoxy) is 1. The van der Waals surface area contributed by atoms with E-state index in [-0.39, 0.29) is 5.75 Å². The lowest BCUT2D eigenvalue weighted by Gasteiger charge is -2.15. The molecule has 0 aliphatic heterocycles. The molecule has 5 nitrogen and oxygen atoms in total. The number of guanidine groups is 1. The van der Waals surface area contributed by atoms with E-state index >= 15 is 0 Å². The Morgan fingerprint density at radius 3 is 2.70 bits per heavy atom. The quantitative estimate of drug-likeness (QED) is 0.521. The fourth-order valence-corrected chi connectivity index (χ4v) is 3.34. The highest BCUT2D eigenvalue weighted by Gasteiger charge is 2.11. The summed E-state index contributed by atoms with van der Waals surface area (Å²) in [5.74, 6) is 1.20. The van der Waals surface area contributed by atoms with Crippen LogP contribution in [0.5, 0.6) is 5.75 Å². The van der Waals surface area contributed by atoms with Gasteiger partial charge in [-0.3, -0.25) is 4.99 Å². The van der Waals surface area contributed by atoms with E-state index in [4.69, 9.17) is 0 Å². The van der Waals surface area contributed by atoms with E-state index in [0.29, 0.717) is 30.5 Å². The smallest absolute Gasteiger partial charge is 0.387 e. The summed E-state index contributed by atoms with van der Waals surface area (Å²) in [5, 5.41) is 9.56. The number of hydrogen-bond donors (Lipinski definition) is 2. The average molecular weight is 397 g/mol. The Morgan fingerprint density at radius 2 is 2.07 bits per heavy atom. The van der Waals surface area contributed by atoms with Crippen LogP contribution in [-0.2, 0) is 13.0 Å². The van der Waals surface area contributed by atoms with E-state index < -0.39 is 6.61 Å². The second-order valence-corrected chi connectivity index (χ2v) is 7.31. The van der Waals surface area contributed by atoms with Gasteiger partial charge in [0.2, 0.25) is 0 Å². The van der Waals surface area contributed by atoms with Gasteiger partial charge in [0, 0.05) is 43.4 Å². The summed E-state index contributed by atoms with van der Waals surface area (Å²) < 4.78 is 29.7. The average Bonchev–Trinajstić information content (AvgIpc) is 3.09. The van der Waals surface area contributed by atoms with Crippen LogP contribution in [0.4, 0.5) is 8.78 Å². The molecule has 0 aliphatic rings. The van der Waals surface area contributed by atoms with Crippen molar-refractivity contribution in [2.45, 2.75) is 46.3 Å². The highest BCUT2D eigenvalue weighted by molar-refractivity contribution is 7.09. The molecule has 8 heteroatoms. The number of hydrogen-bond acceptors (Lipinski definition) is 4. The first kappa shape index (κ1) is 21.1. The Kier molecular flexibility index (Phi) is 7.97. The SMILES string of the molecule is CN=C(NCCc1csc(C(C)C)n1)NCc1cc(C)ccc1OC(F)F. The van der Waals surface area contributed by atoms with E-state index in [1.54, 1.807) is 30.5 Å². The van der Waals surface area contributed by atoms with Gasteiger partial charge in [0.15, 0.2) is 5.96 Å². The van der Waals surface area contributed by atoms with E-state index in [2.05, 4.69) is 44.6 Å². The molecule has 0 bridgehead atoms. The monoisotopic (exact) mass is 396 g/mol. The minimum absolute atomic E-state index is 0.169. The Bertz CT molecular complexity index is 762. The second-order valence-electron chi connectivity index (χ2n) is 6.42. The molecule has 2 aromatic rings. The Balaban J connectivity index is 1.87. The highest BCUT2D eigenvalue weighted by Crippen LogP contribution is 2.22. The molecule has 1 aromatic carbocycles. The van der Waals surface area contributed by atoms with Gasteiger partial charge in [-0.15, -0.1) is 11.3 Å². The molecule has 2 rings (SSSR count). The van der Waals surface area contributed by atoms with Gasteiger partial charge in [-0.1, -0.05) is 31.5 Å². The highest BCUT2D eigenvalue weighted by atomic mass is 32.1. The number of aryl methyl sites for hydroxylation is 1. The first-order valence-electron chi connectivity index (χ1n) is 8.82. The molecule has 27 heavy (non-hydrogen) atoms. The summed E-state index contributed by atoms with van der Waals surface area (Å²) in [6.45, 7) is 4.32. The van der Waals surface area contributed by atoms with Crippen LogP contribution < -0.4 is 15.4 Å². The van der Waals surface area contributed by atoms with Crippen molar-refractivity contribution in [1.29, 1.82) is 0 Å². The number of rotatable bonds is 8. The number of nitrogens with zero attached hydrogens (tertiary/aromatic N) is 2. The fourth-order valence-electron chi connectivity index (χ4n) is 2.47. The number of halogens is 2. The van der Waals surface area contributed by atoms with Crippen molar-refractivity contribution in [2.24, 2.45) is 4.99 Å². The van der Waals surface area contributed by atoms with Crippen LogP contribution >= 0.6 is 11.3 Å². The van der Waals surface area contributed by atoms with Gasteiger partial charge in [-0.25, -0.2) is 4.98 Å². The van der Waals surface area contributed by atoms with Crippen molar-refractivity contribution >= 4 is 17.3 Å². The zero-order chi connectivity index (χ0) is 19.8. The number of aliphatic imine (C=N–C) groups is 1. The Labute approximate surface area is 162 Å². The minimum Gasteiger partial charge on any atom is -0.434 e. The minimum atomic E-state index is -2.85. The maximum Gasteiger partial charge on any atom is 0.387 e. The van der Waals surface area contributed by atoms with Gasteiger partial charge in [0.25, 0.3) is 0 Å². The summed E-state index contributed by atoms with van der Waals surface area (Å²) in [6.07, 6.45) is 0.786. The zero-order valence-corrected chi connectivity index (χ0v) is 16.9. The molecule has 0 amide bonds. The zero-order valence-electron chi connectivity index (χ0n) is 16.1. The van der Waals surface area contributed by atoms with E-state index in [0.717, 1.165) is 22.7 Å². The van der Waals surface area contributed by atoms with Gasteiger partial charge in [0.1, 0.15) is 5.75 Å². The third-order valence-corrected chi connectivity index (χ3v) is 5.03. The third-order valence-electron chi connectivity index (χ3n) is 3.84. The molecule has 0 radical (unpaired) electrons. The molecule has 0 aliphatic carbocycles. The van der Waals surface area contributed by atoms with Crippen LogP contribution in [0.25, 0.3) is 0 Å². The maximum atomic E-state index is 12.6. The molecular weight excluding hydrogens is 370 g/mol. The molecule has 0 saturated carbocycles. The second kappa shape index (κ2) is 10.2. The van der Waals surface area contributed by atoms with Crippen molar-refractivity contribution in [3.8, 4) is 5.75 Å². The molecular formula is C19H26F2N4OS. The van der Waals surface area contributed by atoms with Crippen molar-refractivity contribution in [3.05, 3.63) is 45.4 Å². The van der Waals surface area contributed by atoms with Crippen molar-refractivity contribution in [1.82, 2.24) is 15.6 Å². The number of benzene rings is 1. The predicted octanol–water partition coefficient (Wildman–Crippen LogP) is 4.08. The lowest BCUT2D eigenvalue weighted by Crippen LogP contribution is -2.38. The molecule has 1 heterocycles. The summed E-state index contributed by atoms with van der Waals surface area (Å²) in [6, 6.07) is 5.12. The summed E-state index contributed by atoms with van der Waals surface area (Å²) in [7, 11) is 1.67. The van der Waals surface area contributed by atoms with E-state index in [9.17, 15) is 8.78 Å². The van der Waals surface area contributed by atoms with Crippen LogP contribution in [0.2, 0.25) is 0 Å². The molecule has 0 saturated heterocycles. The van der Waals surface area contributed by atoms with E-state index in [1.165, 1.54) is 0 Å². The molecule has 0 fully saturated rings. The van der Waals surface area contributed by atoms with Crippen molar-refractivity contribution in [2.75, 3.05) is 13.6 Å². The first-order valence-corrected chi connectivity index (χ1v) is 9.70. The van der Waals surface area contributed by atoms with E-state index in [1.807, 2.05) is 13.0 Å². The van der Waals surface area contributed by atoms with Gasteiger partial charge in [-0.2, -0.15) is 8.78 Å². The molecule has 0 spiro atoms. The van der Waals surface area contributed by atoms with Gasteiger partial charge in [0.05, 0.1) is 10.7 Å². The predicted molar refractivity (Wildman–Crippen MR) is 106 cm³/mol. The third kappa shape index (κ3) is 6.78. The Hall–Kier alpha value is -2.22. The van der Waals surface area contributed by atoms with Crippen molar-refractivity contribution < 1.29 is 13.5 Å². The lowest BCUT2D eigenvalue weighted by atomic mass is 10.1. The number of alkyl halides is 2. The number of aromatic nitrogens is 1. The topological polar surface area (TPSA) is 58.5 Å². The van der Waals surface area contributed by atoms with Gasteiger partial charge < -0.3 is 15.4 Å². The summed E-state index contributed by atoms with van der Waals surface area (Å²) >= 11 is 1.68. The van der Waals surface area contributed by atoms with Crippen molar-refractivity contribution in [3.63, 3.8) is 0 Å². The van der Waals surface area contributed by atoms with Gasteiger partial charge in [-0.05, 0) is 13.0 Å². The first-order chi connectivity index (χ1) is 12.9. The summed E-state index contributed by atoms with van der Waals surface area (Å²) in [5.41, 5.74) is 2.68. The molecule has 148 valence electrons. The lowest BCUT2D eigenvalue weighted by molar-refractivity contribution is -0.0504. The molecule has 0 atom stereocenters. The number of nitrogens with one attached hydrogen (secondary N) is 2. The number of thiazole rings is 1. The van der Waals surface area contributed by atoms with Crippen LogP contribution in [0.15, 0.2) is 28.6 Å². The van der Waals surface area contributed by atoms with Crippen LogP contribution in [-0.4, -0.2) is 31.1 Å². The largest absolute Gasteiger partial charge is 0.434 e. The standard InChI is InChI=1S/C19H26F2N4OS/c1-12(2)17-25-15(11-27-17)7-8-23-19(22-4)24-10-14-9-13(3)5-6-16(14)26-18(20)21/h5-6,9,11-12,18H,7-8,10H2,1-4H3,(H2,22,23,24).